The largest absolute Gasteiger partial charge is 0.461 e. The van der Waals surface area contributed by atoms with E-state index in [2.05, 4.69) is 20.8 Å². The van der Waals surface area contributed by atoms with Gasteiger partial charge in [0.15, 0.2) is 5.78 Å². The number of hydrogen-bond donors (Lipinski definition) is 0. The number of hydrogen-bond acceptors (Lipinski definition) is 3. The van der Waals surface area contributed by atoms with Crippen LogP contribution in [0.3, 0.4) is 0 Å². The summed E-state index contributed by atoms with van der Waals surface area (Å²) in [5, 5.41) is 0. The van der Waals surface area contributed by atoms with E-state index in [0.717, 1.165) is 50.9 Å². The highest BCUT2D eigenvalue weighted by Gasteiger charge is 2.60. The molecular formula is C32H50O3. The molecule has 0 bridgehead atoms. The van der Waals surface area contributed by atoms with Gasteiger partial charge in [0.05, 0.1) is 5.41 Å². The van der Waals surface area contributed by atoms with Crippen LogP contribution in [-0.2, 0) is 14.3 Å². The Morgan fingerprint density at radius 1 is 0.914 bits per heavy atom. The standard InChI is InChI=1S/C32H50O3/c1-4-5-6-8-17-32(18-9-7-10-19-32)29(34)35-28-14-13-26-25-12-11-23-22-24(33)15-20-30(23,2)27(25)16-21-31(26,28)3/h22,25-28H,4-21H2,1-3H3/t25-,26-,27-,28-,30-,31-/m0/s1. The van der Waals surface area contributed by atoms with Gasteiger partial charge < -0.3 is 4.74 Å². The quantitative estimate of drug-likeness (QED) is 0.270. The van der Waals surface area contributed by atoms with Crippen molar-refractivity contribution < 1.29 is 14.3 Å². The average molecular weight is 483 g/mol. The van der Waals surface area contributed by atoms with Crippen molar-refractivity contribution in [3.63, 3.8) is 0 Å². The zero-order valence-corrected chi connectivity index (χ0v) is 22.8. The number of rotatable bonds is 7. The first kappa shape index (κ1) is 25.5. The maximum Gasteiger partial charge on any atom is 0.312 e. The number of esters is 1. The Balaban J connectivity index is 1.29. The number of carbonyl (C=O) groups excluding carboxylic acids is 2. The first-order chi connectivity index (χ1) is 16.8. The molecule has 0 aromatic carbocycles. The van der Waals surface area contributed by atoms with Gasteiger partial charge in [0, 0.05) is 11.8 Å². The molecule has 0 amide bonds. The van der Waals surface area contributed by atoms with Gasteiger partial charge in [-0.3, -0.25) is 9.59 Å². The summed E-state index contributed by atoms with van der Waals surface area (Å²) in [4.78, 5) is 26.0. The van der Waals surface area contributed by atoms with Crippen LogP contribution in [0.4, 0.5) is 0 Å². The summed E-state index contributed by atoms with van der Waals surface area (Å²) in [6.07, 6.45) is 22.6. The molecule has 35 heavy (non-hydrogen) atoms. The third kappa shape index (κ3) is 4.46. The molecule has 0 aromatic heterocycles. The van der Waals surface area contributed by atoms with E-state index in [9.17, 15) is 9.59 Å². The van der Waals surface area contributed by atoms with Crippen LogP contribution in [0, 0.1) is 34.0 Å². The van der Waals surface area contributed by atoms with Gasteiger partial charge in [-0.25, -0.2) is 0 Å². The third-order valence-electron chi connectivity index (χ3n) is 11.9. The van der Waals surface area contributed by atoms with E-state index in [4.69, 9.17) is 4.74 Å². The first-order valence-electron chi connectivity index (χ1n) is 15.3. The van der Waals surface area contributed by atoms with Crippen LogP contribution in [0.15, 0.2) is 11.6 Å². The number of carbonyl (C=O) groups is 2. The van der Waals surface area contributed by atoms with E-state index in [1.54, 1.807) is 0 Å². The molecule has 0 unspecified atom stereocenters. The molecule has 4 saturated carbocycles. The van der Waals surface area contributed by atoms with Gasteiger partial charge in [-0.15, -0.1) is 0 Å². The minimum atomic E-state index is -0.204. The van der Waals surface area contributed by atoms with E-state index < -0.39 is 0 Å². The zero-order valence-electron chi connectivity index (χ0n) is 22.8. The lowest BCUT2D eigenvalue weighted by Gasteiger charge is -2.57. The fraction of sp³-hybridized carbons (Fsp3) is 0.875. The van der Waals surface area contributed by atoms with Crippen LogP contribution < -0.4 is 0 Å². The van der Waals surface area contributed by atoms with E-state index >= 15 is 0 Å². The first-order valence-corrected chi connectivity index (χ1v) is 15.3. The van der Waals surface area contributed by atoms with Crippen LogP contribution >= 0.6 is 0 Å². The zero-order chi connectivity index (χ0) is 24.7. The fourth-order valence-electron chi connectivity index (χ4n) is 9.63. The summed E-state index contributed by atoms with van der Waals surface area (Å²) >= 11 is 0. The molecule has 5 aliphatic carbocycles. The predicted molar refractivity (Wildman–Crippen MR) is 141 cm³/mol. The van der Waals surface area contributed by atoms with Crippen molar-refractivity contribution in [1.82, 2.24) is 0 Å². The number of ether oxygens (including phenoxy) is 1. The second kappa shape index (κ2) is 9.97. The fourth-order valence-corrected chi connectivity index (χ4v) is 9.63. The van der Waals surface area contributed by atoms with Crippen LogP contribution in [-0.4, -0.2) is 17.9 Å². The summed E-state index contributed by atoms with van der Waals surface area (Å²) in [7, 11) is 0. The average Bonchev–Trinajstić information content (AvgIpc) is 3.19. The molecular weight excluding hydrogens is 432 g/mol. The third-order valence-corrected chi connectivity index (χ3v) is 11.9. The van der Waals surface area contributed by atoms with Crippen LogP contribution in [0.25, 0.3) is 0 Å². The molecule has 0 aliphatic heterocycles. The summed E-state index contributed by atoms with van der Waals surface area (Å²) in [5.41, 5.74) is 1.60. The molecule has 0 N–H and O–H groups in total. The molecule has 0 saturated heterocycles. The number of allylic oxidation sites excluding steroid dienone is 1. The maximum atomic E-state index is 13.8. The smallest absolute Gasteiger partial charge is 0.312 e. The summed E-state index contributed by atoms with van der Waals surface area (Å²) in [6, 6.07) is 0. The Morgan fingerprint density at radius 3 is 2.49 bits per heavy atom. The minimum Gasteiger partial charge on any atom is -0.461 e. The molecule has 4 fully saturated rings. The van der Waals surface area contributed by atoms with Crippen molar-refractivity contribution in [2.75, 3.05) is 0 Å². The minimum absolute atomic E-state index is 0.105. The van der Waals surface area contributed by atoms with Gasteiger partial charge in [0.1, 0.15) is 6.10 Å². The van der Waals surface area contributed by atoms with Gasteiger partial charge in [-0.1, -0.05) is 71.3 Å². The molecule has 0 radical (unpaired) electrons. The Kier molecular flexibility index (Phi) is 7.27. The monoisotopic (exact) mass is 482 g/mol. The Morgan fingerprint density at radius 2 is 1.71 bits per heavy atom. The normalized spacial score (nSPS) is 40.3. The molecule has 3 nitrogen and oxygen atoms in total. The molecule has 6 atom stereocenters. The molecule has 0 heterocycles. The van der Waals surface area contributed by atoms with E-state index in [-0.39, 0.29) is 28.3 Å². The Bertz CT molecular complexity index is 836. The lowest BCUT2D eigenvalue weighted by molar-refractivity contribution is -0.174. The van der Waals surface area contributed by atoms with Gasteiger partial charge in [-0.2, -0.15) is 0 Å². The van der Waals surface area contributed by atoms with Crippen LogP contribution in [0.2, 0.25) is 0 Å². The molecule has 196 valence electrons. The second-order valence-corrected chi connectivity index (χ2v) is 13.6. The van der Waals surface area contributed by atoms with Crippen LogP contribution in [0.1, 0.15) is 136 Å². The molecule has 5 rings (SSSR count). The second-order valence-electron chi connectivity index (χ2n) is 13.6. The van der Waals surface area contributed by atoms with Crippen molar-refractivity contribution in [1.29, 1.82) is 0 Å². The van der Waals surface area contributed by atoms with Gasteiger partial charge in [0.2, 0.25) is 0 Å². The highest BCUT2D eigenvalue weighted by atomic mass is 16.5. The highest BCUT2D eigenvalue weighted by molar-refractivity contribution is 5.91. The number of fused-ring (bicyclic) bond motifs is 5. The summed E-state index contributed by atoms with van der Waals surface area (Å²) in [5.74, 6) is 2.60. The van der Waals surface area contributed by atoms with Crippen molar-refractivity contribution in [2.24, 2.45) is 34.0 Å². The van der Waals surface area contributed by atoms with Crippen LogP contribution in [0.5, 0.6) is 0 Å². The SMILES string of the molecule is CCCCCCC1(C(=O)O[C@H]2CC[C@H]3[C@@H]4CCC5=CC(=O)CC[C@]5(C)[C@H]4CC[C@]23C)CCCCC1. The van der Waals surface area contributed by atoms with Gasteiger partial charge in [0.25, 0.3) is 0 Å². The van der Waals surface area contributed by atoms with Crippen molar-refractivity contribution in [2.45, 2.75) is 142 Å². The van der Waals surface area contributed by atoms with E-state index in [1.807, 2.05) is 6.08 Å². The summed E-state index contributed by atoms with van der Waals surface area (Å²) < 4.78 is 6.61. The lowest BCUT2D eigenvalue weighted by atomic mass is 9.47. The molecule has 3 heteroatoms. The van der Waals surface area contributed by atoms with E-state index in [0.29, 0.717) is 17.6 Å². The predicted octanol–water partition coefficient (Wildman–Crippen LogP) is 8.35. The van der Waals surface area contributed by atoms with Crippen molar-refractivity contribution in [3.8, 4) is 0 Å². The van der Waals surface area contributed by atoms with Gasteiger partial charge in [-0.05, 0) is 93.5 Å². The molecule has 5 aliphatic rings. The van der Waals surface area contributed by atoms with E-state index in [1.165, 1.54) is 76.2 Å². The lowest BCUT2D eigenvalue weighted by Crippen LogP contribution is -2.52. The number of ketones is 1. The summed E-state index contributed by atoms with van der Waals surface area (Å²) in [6.45, 7) is 7.18. The Hall–Kier alpha value is -1.12. The van der Waals surface area contributed by atoms with Crippen molar-refractivity contribution >= 4 is 11.8 Å². The van der Waals surface area contributed by atoms with Crippen molar-refractivity contribution in [3.05, 3.63) is 11.6 Å². The molecule has 0 aromatic rings. The Labute approximate surface area is 214 Å². The number of unbranched alkanes of at least 4 members (excludes halogenated alkanes) is 3. The topological polar surface area (TPSA) is 43.4 Å². The van der Waals surface area contributed by atoms with Gasteiger partial charge >= 0.3 is 5.97 Å². The highest BCUT2D eigenvalue weighted by Crippen LogP contribution is 2.65. The molecule has 0 spiro atoms. The maximum absolute atomic E-state index is 13.8.